The van der Waals surface area contributed by atoms with Crippen LogP contribution in [0.25, 0.3) is 0 Å². The molecular formula is C14H11ClFNO2. The molecule has 2 aromatic carbocycles. The first-order chi connectivity index (χ1) is 8.95. The lowest BCUT2D eigenvalue weighted by Gasteiger charge is -2.08. The van der Waals surface area contributed by atoms with Crippen molar-refractivity contribution >= 4 is 23.2 Å². The highest BCUT2D eigenvalue weighted by molar-refractivity contribution is 6.31. The monoisotopic (exact) mass is 279 g/mol. The Bertz CT molecular complexity index is 623. The number of amides is 1. The largest absolute Gasteiger partial charge is 0.507 e. The van der Waals surface area contributed by atoms with Crippen molar-refractivity contribution in [3.63, 3.8) is 0 Å². The second kappa shape index (κ2) is 5.28. The maximum Gasteiger partial charge on any atom is 0.259 e. The molecule has 0 fully saturated rings. The predicted octanol–water partition coefficient (Wildman–Crippen LogP) is 3.75. The minimum absolute atomic E-state index is 0.117. The maximum atomic E-state index is 13.1. The van der Waals surface area contributed by atoms with Crippen LogP contribution in [0.4, 0.5) is 10.1 Å². The summed E-state index contributed by atoms with van der Waals surface area (Å²) in [5.74, 6) is -1.20. The molecule has 0 aliphatic carbocycles. The van der Waals surface area contributed by atoms with Crippen LogP contribution in [0.5, 0.6) is 5.75 Å². The summed E-state index contributed by atoms with van der Waals surface area (Å²) in [6, 6.07) is 8.39. The lowest BCUT2D eigenvalue weighted by Crippen LogP contribution is -2.12. The number of phenolic OH excluding ortho intramolecular Hbond substituents is 1. The molecule has 0 atom stereocenters. The van der Waals surface area contributed by atoms with Crippen LogP contribution < -0.4 is 5.32 Å². The fourth-order valence-corrected chi connectivity index (χ4v) is 1.88. The van der Waals surface area contributed by atoms with Gasteiger partial charge in [0.1, 0.15) is 11.6 Å². The zero-order chi connectivity index (χ0) is 14.0. The van der Waals surface area contributed by atoms with Gasteiger partial charge in [0, 0.05) is 10.7 Å². The first kappa shape index (κ1) is 13.4. The van der Waals surface area contributed by atoms with E-state index in [0.717, 1.165) is 17.7 Å². The summed E-state index contributed by atoms with van der Waals surface area (Å²) in [7, 11) is 0. The number of carbonyl (C=O) groups is 1. The topological polar surface area (TPSA) is 49.3 Å². The SMILES string of the molecule is Cc1ccc(C(=O)Nc2cc(F)cc(Cl)c2)c(O)c1. The van der Waals surface area contributed by atoms with Crippen molar-refractivity contribution in [1.29, 1.82) is 0 Å². The highest BCUT2D eigenvalue weighted by Crippen LogP contribution is 2.22. The number of rotatable bonds is 2. The second-order valence-corrected chi connectivity index (χ2v) is 4.57. The van der Waals surface area contributed by atoms with Crippen LogP contribution in [-0.2, 0) is 0 Å². The van der Waals surface area contributed by atoms with Gasteiger partial charge < -0.3 is 10.4 Å². The van der Waals surface area contributed by atoms with E-state index < -0.39 is 11.7 Å². The van der Waals surface area contributed by atoms with Gasteiger partial charge in [-0.25, -0.2) is 4.39 Å². The molecule has 0 aliphatic heterocycles. The van der Waals surface area contributed by atoms with Crippen molar-refractivity contribution in [2.24, 2.45) is 0 Å². The van der Waals surface area contributed by atoms with E-state index in [-0.39, 0.29) is 22.0 Å². The molecule has 0 spiro atoms. The van der Waals surface area contributed by atoms with Gasteiger partial charge in [-0.3, -0.25) is 4.79 Å². The summed E-state index contributed by atoms with van der Waals surface area (Å²) in [5.41, 5.74) is 1.18. The average molecular weight is 280 g/mol. The molecule has 5 heteroatoms. The van der Waals surface area contributed by atoms with E-state index in [1.807, 2.05) is 0 Å². The van der Waals surface area contributed by atoms with Crippen molar-refractivity contribution < 1.29 is 14.3 Å². The van der Waals surface area contributed by atoms with E-state index in [9.17, 15) is 14.3 Å². The number of hydrogen-bond acceptors (Lipinski definition) is 2. The number of nitrogens with one attached hydrogen (secondary N) is 1. The quantitative estimate of drug-likeness (QED) is 0.880. The van der Waals surface area contributed by atoms with E-state index in [4.69, 9.17) is 11.6 Å². The Morgan fingerprint density at radius 2 is 2.00 bits per heavy atom. The first-order valence-corrected chi connectivity index (χ1v) is 5.90. The molecule has 0 aliphatic rings. The third-order valence-corrected chi connectivity index (χ3v) is 2.74. The molecule has 2 N–H and O–H groups in total. The fourth-order valence-electron chi connectivity index (χ4n) is 1.66. The van der Waals surface area contributed by atoms with Crippen LogP contribution in [0.3, 0.4) is 0 Å². The number of anilines is 1. The first-order valence-electron chi connectivity index (χ1n) is 5.53. The highest BCUT2D eigenvalue weighted by atomic mass is 35.5. The molecule has 0 unspecified atom stereocenters. The van der Waals surface area contributed by atoms with Crippen molar-refractivity contribution in [3.05, 3.63) is 58.4 Å². The Hall–Kier alpha value is -2.07. The minimum atomic E-state index is -0.545. The van der Waals surface area contributed by atoms with Gasteiger partial charge in [0.2, 0.25) is 0 Å². The number of phenols is 1. The Kier molecular flexibility index (Phi) is 3.71. The number of aromatic hydroxyl groups is 1. The predicted molar refractivity (Wildman–Crippen MR) is 72.2 cm³/mol. The van der Waals surface area contributed by atoms with E-state index in [1.165, 1.54) is 18.2 Å². The molecule has 0 heterocycles. The lowest BCUT2D eigenvalue weighted by atomic mass is 10.1. The zero-order valence-electron chi connectivity index (χ0n) is 10.1. The van der Waals surface area contributed by atoms with Crippen molar-refractivity contribution in [2.45, 2.75) is 6.92 Å². The molecule has 3 nitrogen and oxygen atoms in total. The van der Waals surface area contributed by atoms with Gasteiger partial charge in [-0.05, 0) is 42.8 Å². The molecule has 2 aromatic rings. The Labute approximate surface area is 114 Å². The van der Waals surface area contributed by atoms with E-state index in [0.29, 0.717) is 0 Å². The molecule has 0 saturated heterocycles. The maximum absolute atomic E-state index is 13.1. The number of halogens is 2. The summed E-state index contributed by atoms with van der Waals surface area (Å²) in [6.07, 6.45) is 0. The van der Waals surface area contributed by atoms with Crippen LogP contribution in [0.1, 0.15) is 15.9 Å². The van der Waals surface area contributed by atoms with Gasteiger partial charge in [-0.2, -0.15) is 0 Å². The van der Waals surface area contributed by atoms with Gasteiger partial charge in [0.05, 0.1) is 5.56 Å². The van der Waals surface area contributed by atoms with E-state index in [2.05, 4.69) is 5.32 Å². The van der Waals surface area contributed by atoms with Crippen LogP contribution in [-0.4, -0.2) is 11.0 Å². The Morgan fingerprint density at radius 3 is 2.63 bits per heavy atom. The molecule has 2 rings (SSSR count). The van der Waals surface area contributed by atoms with Crippen molar-refractivity contribution in [1.82, 2.24) is 0 Å². The molecule has 1 amide bonds. The van der Waals surface area contributed by atoms with Gasteiger partial charge in [-0.15, -0.1) is 0 Å². The second-order valence-electron chi connectivity index (χ2n) is 4.13. The van der Waals surface area contributed by atoms with E-state index >= 15 is 0 Å². The third-order valence-electron chi connectivity index (χ3n) is 2.52. The van der Waals surface area contributed by atoms with Crippen LogP contribution >= 0.6 is 11.6 Å². The number of aryl methyl sites for hydroxylation is 1. The van der Waals surface area contributed by atoms with E-state index in [1.54, 1.807) is 13.0 Å². The number of benzene rings is 2. The molecule has 0 bridgehead atoms. The number of carbonyl (C=O) groups excluding carboxylic acids is 1. The summed E-state index contributed by atoms with van der Waals surface area (Å²) in [6.45, 7) is 1.80. The smallest absolute Gasteiger partial charge is 0.259 e. The van der Waals surface area contributed by atoms with Crippen molar-refractivity contribution in [2.75, 3.05) is 5.32 Å². The Balaban J connectivity index is 2.25. The van der Waals surface area contributed by atoms with Crippen LogP contribution in [0.2, 0.25) is 5.02 Å². The normalized spacial score (nSPS) is 10.3. The summed E-state index contributed by atoms with van der Waals surface area (Å²) in [4.78, 5) is 11.9. The van der Waals surface area contributed by atoms with Gasteiger partial charge in [0.15, 0.2) is 0 Å². The average Bonchev–Trinajstić information content (AvgIpc) is 2.26. The third kappa shape index (κ3) is 3.23. The molecule has 0 radical (unpaired) electrons. The highest BCUT2D eigenvalue weighted by Gasteiger charge is 2.12. The molecule has 19 heavy (non-hydrogen) atoms. The molecule has 0 saturated carbocycles. The van der Waals surface area contributed by atoms with Crippen molar-refractivity contribution in [3.8, 4) is 5.75 Å². The van der Waals surface area contributed by atoms with Gasteiger partial charge >= 0.3 is 0 Å². The molecule has 98 valence electrons. The summed E-state index contributed by atoms with van der Waals surface area (Å²) < 4.78 is 13.1. The van der Waals surface area contributed by atoms with Gasteiger partial charge in [-0.1, -0.05) is 17.7 Å². The molecule has 0 aromatic heterocycles. The standard InChI is InChI=1S/C14H11ClFNO2/c1-8-2-3-12(13(18)4-8)14(19)17-11-6-9(15)5-10(16)7-11/h2-7,18H,1H3,(H,17,19). The Morgan fingerprint density at radius 1 is 1.26 bits per heavy atom. The zero-order valence-corrected chi connectivity index (χ0v) is 10.8. The van der Waals surface area contributed by atoms with Gasteiger partial charge in [0.25, 0.3) is 5.91 Å². The molecular weight excluding hydrogens is 269 g/mol. The summed E-state index contributed by atoms with van der Waals surface area (Å²) in [5, 5.41) is 12.3. The number of hydrogen-bond donors (Lipinski definition) is 2. The van der Waals surface area contributed by atoms with Crippen LogP contribution in [0.15, 0.2) is 36.4 Å². The fraction of sp³-hybridized carbons (Fsp3) is 0.0714. The lowest BCUT2D eigenvalue weighted by molar-refractivity contribution is 0.102. The minimum Gasteiger partial charge on any atom is -0.507 e. The van der Waals surface area contributed by atoms with Crippen LogP contribution in [0, 0.1) is 12.7 Å². The summed E-state index contributed by atoms with van der Waals surface area (Å²) >= 11 is 5.69.